The van der Waals surface area contributed by atoms with E-state index in [-0.39, 0.29) is 42.6 Å². The fourth-order valence-electron chi connectivity index (χ4n) is 8.18. The minimum atomic E-state index is -4.36. The van der Waals surface area contributed by atoms with Gasteiger partial charge in [0.25, 0.3) is 0 Å². The van der Waals surface area contributed by atoms with Crippen molar-refractivity contribution in [3.05, 3.63) is 118 Å². The monoisotopic (exact) mass is 890 g/mol. The summed E-state index contributed by atoms with van der Waals surface area (Å²) in [6, 6.07) is 27.3. The van der Waals surface area contributed by atoms with Crippen LogP contribution in [0.15, 0.2) is 96.1 Å². The highest BCUT2D eigenvalue weighted by atomic mass is 32.2. The van der Waals surface area contributed by atoms with Crippen molar-refractivity contribution < 1.29 is 50.3 Å². The van der Waals surface area contributed by atoms with Gasteiger partial charge in [-0.15, -0.1) is 0 Å². The topological polar surface area (TPSA) is 178 Å². The van der Waals surface area contributed by atoms with Gasteiger partial charge in [-0.05, 0) is 43.0 Å². The minimum absolute atomic E-state index is 0.0237. The highest BCUT2D eigenvalue weighted by molar-refractivity contribution is 7.97. The first-order valence-electron chi connectivity index (χ1n) is 21.0. The zero-order valence-corrected chi connectivity index (χ0v) is 37.7. The molecule has 0 saturated carbocycles. The third kappa shape index (κ3) is 12.9. The molecule has 15 nitrogen and oxygen atoms in total. The number of ether oxygens (including phenoxy) is 7. The van der Waals surface area contributed by atoms with E-state index in [9.17, 15) is 13.9 Å². The van der Waals surface area contributed by atoms with Crippen LogP contribution in [-0.2, 0) is 71.9 Å². The molecule has 0 aliphatic carbocycles. The van der Waals surface area contributed by atoms with Gasteiger partial charge in [0.2, 0.25) is 0 Å². The Morgan fingerprint density at radius 2 is 1.19 bits per heavy atom. The van der Waals surface area contributed by atoms with E-state index in [1.165, 1.54) is 0 Å². The lowest BCUT2D eigenvalue weighted by Gasteiger charge is -2.51. The van der Waals surface area contributed by atoms with Crippen LogP contribution in [-0.4, -0.2) is 104 Å². The quantitative estimate of drug-likeness (QED) is 0.0441. The third-order valence-corrected chi connectivity index (χ3v) is 13.3. The molecule has 3 aromatic carbocycles. The van der Waals surface area contributed by atoms with Crippen molar-refractivity contribution in [2.24, 2.45) is 22.9 Å². The van der Waals surface area contributed by atoms with Crippen LogP contribution in [0.4, 0.5) is 0 Å². The molecule has 0 bridgehead atoms. The zero-order valence-electron chi connectivity index (χ0n) is 36.0. The first kappa shape index (κ1) is 48.5. The van der Waals surface area contributed by atoms with Gasteiger partial charge in [0, 0.05) is 29.2 Å². The number of nitrogens with zero attached hydrogens (tertiary/aromatic N) is 3. The van der Waals surface area contributed by atoms with Crippen molar-refractivity contribution in [2.45, 2.75) is 135 Å². The summed E-state index contributed by atoms with van der Waals surface area (Å²) in [6.07, 6.45) is -8.63. The van der Waals surface area contributed by atoms with Gasteiger partial charge in [-0.3, -0.25) is 4.18 Å². The molecule has 3 aliphatic rings. The van der Waals surface area contributed by atoms with E-state index in [1.807, 2.05) is 101 Å². The van der Waals surface area contributed by atoms with E-state index in [0.717, 1.165) is 16.7 Å². The van der Waals surface area contributed by atoms with Crippen LogP contribution in [0, 0.1) is 17.8 Å². The van der Waals surface area contributed by atoms with Crippen molar-refractivity contribution in [3.8, 4) is 0 Å². The largest absolute Gasteiger partial charge is 0.374 e. The lowest BCUT2D eigenvalue weighted by molar-refractivity contribution is -0.343. The van der Waals surface area contributed by atoms with Gasteiger partial charge in [0.05, 0.1) is 50.3 Å². The first-order valence-corrected chi connectivity index (χ1v) is 23.8. The molecule has 15 atom stereocenters. The normalized spacial score (nSPS) is 34.1. The number of nitrogens with one attached hydrogen (secondary N) is 1. The summed E-state index contributed by atoms with van der Waals surface area (Å²) in [6.45, 7) is 11.8. The van der Waals surface area contributed by atoms with Gasteiger partial charge in [-0.2, -0.15) is 13.1 Å². The third-order valence-electron chi connectivity index (χ3n) is 11.9. The predicted octanol–water partition coefficient (Wildman–Crippen LogP) is 6.79. The van der Waals surface area contributed by atoms with Crippen molar-refractivity contribution in [2.75, 3.05) is 6.61 Å². The Balaban J connectivity index is 1.31. The maximum atomic E-state index is 13.4. The van der Waals surface area contributed by atoms with Gasteiger partial charge in [0.15, 0.2) is 12.6 Å². The van der Waals surface area contributed by atoms with Crippen molar-refractivity contribution >= 4 is 33.3 Å². The van der Waals surface area contributed by atoms with Crippen LogP contribution < -0.4 is 4.72 Å². The summed E-state index contributed by atoms with van der Waals surface area (Å²) in [5.41, 5.74) is 12.7. The number of rotatable bonds is 19. The highest BCUT2D eigenvalue weighted by Gasteiger charge is 2.54. The molecule has 8 unspecified atom stereocenters. The Labute approximate surface area is 369 Å². The molecule has 3 aromatic rings. The van der Waals surface area contributed by atoms with Crippen molar-refractivity contribution in [1.82, 2.24) is 4.72 Å². The number of azide groups is 1. The first-order chi connectivity index (χ1) is 29.7. The van der Waals surface area contributed by atoms with Gasteiger partial charge in [0.1, 0.15) is 45.6 Å². The van der Waals surface area contributed by atoms with E-state index in [4.69, 9.17) is 57.0 Å². The molecule has 19 heteroatoms. The molecule has 3 saturated heterocycles. The van der Waals surface area contributed by atoms with Crippen LogP contribution in [0.25, 0.3) is 10.4 Å². The molecule has 4 radical (unpaired) electrons. The molecular weight excluding hydrogens is 833 g/mol. The van der Waals surface area contributed by atoms with Crippen LogP contribution in [0.3, 0.4) is 0 Å². The maximum absolute atomic E-state index is 13.4. The van der Waals surface area contributed by atoms with Gasteiger partial charge < -0.3 is 37.7 Å². The molecule has 6 rings (SSSR count). The predicted molar refractivity (Wildman–Crippen MR) is 235 cm³/mol. The molecule has 0 amide bonds. The summed E-state index contributed by atoms with van der Waals surface area (Å²) >= 11 is 0. The summed E-state index contributed by atoms with van der Waals surface area (Å²) in [5.74, 6) is -0.532. The molecule has 332 valence electrons. The van der Waals surface area contributed by atoms with Crippen LogP contribution in [0.1, 0.15) is 58.2 Å². The Kier molecular flexibility index (Phi) is 17.9. The standard InChI is InChI=1S/C43H57B2N4O11PS/c1-26-30(5)56-42(28(3)37(26)52-23-33-18-12-8-13-19-33)59-40-35(25-54-62(50,51)47-22-32-16-10-7-11-17-32)57-43(36(48-49-46)41(40)60-61(44)45)58-39-31(6)55-29(4)27(2)38(39)53-24-34-20-14-9-15-21-34/h7-21,26-31,35-43,47H,22-25H2,1-6H3/t26?,27?,28?,29-,30?,31?,35?,36?,37+,38-,39?,40+,41+,42-,43+/m0/s1. The van der Waals surface area contributed by atoms with Gasteiger partial charge in [-0.1, -0.05) is 125 Å². The molecular formula is C43H57B2N4O11PS. The summed E-state index contributed by atoms with van der Waals surface area (Å²) in [5, 5.41) is 4.12. The second kappa shape index (κ2) is 22.8. The summed E-state index contributed by atoms with van der Waals surface area (Å²) in [7, 11) is 5.85. The Hall–Kier alpha value is -2.92. The van der Waals surface area contributed by atoms with E-state index < -0.39 is 80.1 Å². The Morgan fingerprint density at radius 1 is 0.661 bits per heavy atom. The summed E-state index contributed by atoms with van der Waals surface area (Å²) < 4.78 is 87.2. The molecule has 3 heterocycles. The van der Waals surface area contributed by atoms with Crippen LogP contribution >= 0.6 is 7.91 Å². The van der Waals surface area contributed by atoms with Crippen LogP contribution in [0.5, 0.6) is 0 Å². The number of hydrogen-bond acceptors (Lipinski definition) is 12. The van der Waals surface area contributed by atoms with E-state index >= 15 is 0 Å². The average Bonchev–Trinajstić information content (AvgIpc) is 3.26. The zero-order chi connectivity index (χ0) is 44.4. The molecule has 62 heavy (non-hydrogen) atoms. The van der Waals surface area contributed by atoms with Gasteiger partial charge in [-0.25, -0.2) is 0 Å². The molecule has 3 aliphatic heterocycles. The minimum Gasteiger partial charge on any atom is -0.374 e. The lowest BCUT2D eigenvalue weighted by atomic mass is 9.86. The molecule has 1 N–H and O–H groups in total. The summed E-state index contributed by atoms with van der Waals surface area (Å²) in [4.78, 5) is 3.15. The SMILES string of the molecule is [B]P([B])O[C@@H]1C(N=[N+]=[N-])[C@@H](OC2C(C)O[C@@H](C)C(C)[C@@H]2OCc2ccccc2)OC(COS(=O)(=O)NCc2ccccc2)[C@H]1O[C@@H]1OC(C)C(C)[C@@H](OCc2ccccc2)C1C. The number of hydrogen-bond donors (Lipinski definition) is 1. The maximum Gasteiger partial charge on any atom is 0.336 e. The Morgan fingerprint density at radius 3 is 1.77 bits per heavy atom. The molecule has 3 fully saturated rings. The van der Waals surface area contributed by atoms with E-state index in [0.29, 0.717) is 13.2 Å². The van der Waals surface area contributed by atoms with Gasteiger partial charge >= 0.3 is 10.3 Å². The fourth-order valence-corrected chi connectivity index (χ4v) is 9.45. The number of benzene rings is 3. The van der Waals surface area contributed by atoms with E-state index in [1.54, 1.807) is 24.3 Å². The second-order valence-corrected chi connectivity index (χ2v) is 18.6. The molecule has 0 spiro atoms. The molecule has 0 aromatic heterocycles. The Bertz CT molecular complexity index is 1980. The van der Waals surface area contributed by atoms with E-state index in [2.05, 4.69) is 21.7 Å². The fraction of sp³-hybridized carbons (Fsp3) is 0.581. The van der Waals surface area contributed by atoms with Crippen molar-refractivity contribution in [1.29, 1.82) is 0 Å². The second-order valence-electron chi connectivity index (χ2n) is 16.3. The highest BCUT2D eigenvalue weighted by Crippen LogP contribution is 2.42. The van der Waals surface area contributed by atoms with Crippen molar-refractivity contribution in [3.63, 3.8) is 0 Å². The smallest absolute Gasteiger partial charge is 0.336 e. The van der Waals surface area contributed by atoms with Crippen LogP contribution in [0.2, 0.25) is 0 Å². The lowest BCUT2D eigenvalue weighted by Crippen LogP contribution is -2.64. The average molecular weight is 891 g/mol.